The van der Waals surface area contributed by atoms with Crippen LogP contribution in [0.2, 0.25) is 0 Å². The Balaban J connectivity index is 2.06. The molecule has 1 aromatic rings. The fraction of sp³-hybridized carbons (Fsp3) is 0.500. The van der Waals surface area contributed by atoms with Crippen LogP contribution >= 0.6 is 0 Å². The molecule has 1 aliphatic rings. The van der Waals surface area contributed by atoms with E-state index < -0.39 is 0 Å². The molecule has 0 spiro atoms. The van der Waals surface area contributed by atoms with Crippen molar-refractivity contribution in [3.05, 3.63) is 35.4 Å². The lowest BCUT2D eigenvalue weighted by Gasteiger charge is -2.09. The van der Waals surface area contributed by atoms with Crippen molar-refractivity contribution in [2.24, 2.45) is 5.73 Å². The van der Waals surface area contributed by atoms with Crippen molar-refractivity contribution in [3.63, 3.8) is 0 Å². The molecule has 0 unspecified atom stereocenters. The average Bonchev–Trinajstić information content (AvgIpc) is 2.84. The second kappa shape index (κ2) is 3.70. The van der Waals surface area contributed by atoms with Crippen LogP contribution in [0.1, 0.15) is 24.0 Å². The van der Waals surface area contributed by atoms with E-state index in [0.717, 1.165) is 24.8 Å². The summed E-state index contributed by atoms with van der Waals surface area (Å²) >= 11 is 0. The molecule has 0 heterocycles. The Hall–Kier alpha value is -0.890. The minimum absolute atomic E-state index is 0.0499. The number of aryl methyl sites for hydroxylation is 1. The van der Waals surface area contributed by atoms with E-state index in [1.54, 1.807) is 0 Å². The van der Waals surface area contributed by atoms with E-state index in [1.165, 1.54) is 5.56 Å². The van der Waals surface area contributed by atoms with Gasteiger partial charge in [0, 0.05) is 12.0 Å². The van der Waals surface area contributed by atoms with Crippen LogP contribution in [0.15, 0.2) is 24.3 Å². The van der Waals surface area contributed by atoms with E-state index in [-0.39, 0.29) is 12.2 Å². The first kappa shape index (κ1) is 9.66. The van der Waals surface area contributed by atoms with Gasteiger partial charge in [0.15, 0.2) is 0 Å². The van der Waals surface area contributed by atoms with Crippen molar-refractivity contribution in [2.45, 2.75) is 31.2 Å². The third kappa shape index (κ3) is 2.32. The third-order valence-electron chi connectivity index (χ3n) is 2.82. The van der Waals surface area contributed by atoms with E-state index in [9.17, 15) is 4.39 Å². The van der Waals surface area contributed by atoms with Crippen LogP contribution in [0.3, 0.4) is 0 Å². The highest BCUT2D eigenvalue weighted by Gasteiger charge is 2.37. The topological polar surface area (TPSA) is 26.0 Å². The van der Waals surface area contributed by atoms with Gasteiger partial charge in [0.2, 0.25) is 0 Å². The van der Waals surface area contributed by atoms with Gasteiger partial charge in [-0.25, -0.2) is 0 Å². The molecule has 14 heavy (non-hydrogen) atoms. The van der Waals surface area contributed by atoms with E-state index in [4.69, 9.17) is 5.73 Å². The molecule has 1 fully saturated rings. The van der Waals surface area contributed by atoms with Crippen LogP contribution < -0.4 is 5.73 Å². The molecular formula is C12H16FN. The first-order valence-corrected chi connectivity index (χ1v) is 5.15. The van der Waals surface area contributed by atoms with E-state index >= 15 is 0 Å². The van der Waals surface area contributed by atoms with Gasteiger partial charge in [-0.05, 0) is 30.4 Å². The fourth-order valence-corrected chi connectivity index (χ4v) is 1.75. The van der Waals surface area contributed by atoms with Gasteiger partial charge >= 0.3 is 0 Å². The summed E-state index contributed by atoms with van der Waals surface area (Å²) in [6.07, 6.45) is 3.71. The van der Waals surface area contributed by atoms with E-state index in [0.29, 0.717) is 6.42 Å². The Morgan fingerprint density at radius 3 is 2.64 bits per heavy atom. The summed E-state index contributed by atoms with van der Waals surface area (Å²) in [5.74, 6) is 0. The molecule has 1 saturated carbocycles. The molecule has 0 atom stereocenters. The van der Waals surface area contributed by atoms with Crippen LogP contribution in [0.25, 0.3) is 0 Å². The van der Waals surface area contributed by atoms with Gasteiger partial charge in [0.05, 0.1) is 6.67 Å². The smallest absolute Gasteiger partial charge is 0.0934 e. The predicted molar refractivity (Wildman–Crippen MR) is 56.0 cm³/mol. The van der Waals surface area contributed by atoms with Crippen molar-refractivity contribution < 1.29 is 4.39 Å². The van der Waals surface area contributed by atoms with Crippen molar-refractivity contribution in [2.75, 3.05) is 6.67 Å². The van der Waals surface area contributed by atoms with Gasteiger partial charge in [0.25, 0.3) is 0 Å². The molecule has 0 bridgehead atoms. The molecule has 1 aromatic carbocycles. The molecular weight excluding hydrogens is 177 g/mol. The molecule has 2 rings (SSSR count). The lowest BCUT2D eigenvalue weighted by molar-refractivity contribution is 0.495. The fourth-order valence-electron chi connectivity index (χ4n) is 1.75. The number of benzene rings is 1. The first-order chi connectivity index (χ1) is 6.72. The van der Waals surface area contributed by atoms with Crippen LogP contribution in [0.5, 0.6) is 0 Å². The second-order valence-electron chi connectivity index (χ2n) is 4.30. The minimum atomic E-state index is -0.281. The maximum absolute atomic E-state index is 12.1. The largest absolute Gasteiger partial charge is 0.325 e. The van der Waals surface area contributed by atoms with Crippen molar-refractivity contribution in [1.82, 2.24) is 0 Å². The Bertz CT molecular complexity index is 318. The SMILES string of the molecule is NC1(Cc2cccc(CCF)c2)CC1. The van der Waals surface area contributed by atoms with Crippen LogP contribution in [0, 0.1) is 0 Å². The van der Waals surface area contributed by atoms with E-state index in [1.807, 2.05) is 12.1 Å². The quantitative estimate of drug-likeness (QED) is 0.779. The Labute approximate surface area is 84.1 Å². The minimum Gasteiger partial charge on any atom is -0.325 e. The van der Waals surface area contributed by atoms with Gasteiger partial charge in [-0.3, -0.25) is 4.39 Å². The number of hydrogen-bond acceptors (Lipinski definition) is 1. The normalized spacial score (nSPS) is 18.1. The first-order valence-electron chi connectivity index (χ1n) is 5.15. The molecule has 2 heteroatoms. The molecule has 0 amide bonds. The molecule has 0 aromatic heterocycles. The standard InChI is InChI=1S/C12H16FN/c13-7-4-10-2-1-3-11(8-10)9-12(14)5-6-12/h1-3,8H,4-7,9,14H2. The predicted octanol–water partition coefficient (Wildman–Crippen LogP) is 2.23. The zero-order valence-electron chi connectivity index (χ0n) is 8.30. The summed E-state index contributed by atoms with van der Waals surface area (Å²) in [4.78, 5) is 0. The molecule has 76 valence electrons. The van der Waals surface area contributed by atoms with Gasteiger partial charge in [0.1, 0.15) is 0 Å². The summed E-state index contributed by atoms with van der Waals surface area (Å²) in [6, 6.07) is 8.12. The van der Waals surface area contributed by atoms with Crippen LogP contribution in [-0.2, 0) is 12.8 Å². The highest BCUT2D eigenvalue weighted by atomic mass is 19.1. The summed E-state index contributed by atoms with van der Waals surface area (Å²) in [5, 5.41) is 0. The number of rotatable bonds is 4. The van der Waals surface area contributed by atoms with Gasteiger partial charge in [-0.15, -0.1) is 0 Å². The van der Waals surface area contributed by atoms with Gasteiger partial charge < -0.3 is 5.73 Å². The maximum Gasteiger partial charge on any atom is 0.0934 e. The summed E-state index contributed by atoms with van der Waals surface area (Å²) in [5.41, 5.74) is 8.40. The van der Waals surface area contributed by atoms with Crippen molar-refractivity contribution in [3.8, 4) is 0 Å². The van der Waals surface area contributed by atoms with Crippen molar-refractivity contribution >= 4 is 0 Å². The third-order valence-corrected chi connectivity index (χ3v) is 2.82. The Morgan fingerprint density at radius 1 is 1.29 bits per heavy atom. The summed E-state index contributed by atoms with van der Waals surface area (Å²) in [6.45, 7) is -0.281. The zero-order chi connectivity index (χ0) is 10.0. The maximum atomic E-state index is 12.1. The number of nitrogens with two attached hydrogens (primary N) is 1. The zero-order valence-corrected chi connectivity index (χ0v) is 8.30. The summed E-state index contributed by atoms with van der Waals surface area (Å²) < 4.78 is 12.1. The highest BCUT2D eigenvalue weighted by Crippen LogP contribution is 2.35. The molecule has 0 saturated heterocycles. The second-order valence-corrected chi connectivity index (χ2v) is 4.30. The molecule has 2 N–H and O–H groups in total. The number of halogens is 1. The Morgan fingerprint density at radius 2 is 2.00 bits per heavy atom. The lowest BCUT2D eigenvalue weighted by atomic mass is 10.0. The molecule has 1 nitrogen and oxygen atoms in total. The van der Waals surface area contributed by atoms with Crippen LogP contribution in [0.4, 0.5) is 4.39 Å². The molecule has 0 radical (unpaired) electrons. The summed E-state index contributed by atoms with van der Waals surface area (Å²) in [7, 11) is 0. The lowest BCUT2D eigenvalue weighted by Crippen LogP contribution is -2.24. The number of alkyl halides is 1. The molecule has 0 aliphatic heterocycles. The molecule has 1 aliphatic carbocycles. The Kier molecular flexibility index (Phi) is 2.55. The highest BCUT2D eigenvalue weighted by molar-refractivity contribution is 5.26. The van der Waals surface area contributed by atoms with Gasteiger partial charge in [-0.1, -0.05) is 24.3 Å². The average molecular weight is 193 g/mol. The van der Waals surface area contributed by atoms with Crippen molar-refractivity contribution in [1.29, 1.82) is 0 Å². The number of hydrogen-bond donors (Lipinski definition) is 1. The monoisotopic (exact) mass is 193 g/mol. The van der Waals surface area contributed by atoms with Crippen LogP contribution in [-0.4, -0.2) is 12.2 Å². The van der Waals surface area contributed by atoms with Gasteiger partial charge in [-0.2, -0.15) is 0 Å². The van der Waals surface area contributed by atoms with E-state index in [2.05, 4.69) is 12.1 Å².